The van der Waals surface area contributed by atoms with Gasteiger partial charge in [-0.15, -0.1) is 12.4 Å². The molecule has 1 aromatic carbocycles. The van der Waals surface area contributed by atoms with Crippen molar-refractivity contribution in [2.75, 3.05) is 33.9 Å². The number of carbonyl (C=O) groups excluding carboxylic acids is 1. The van der Waals surface area contributed by atoms with Crippen LogP contribution in [-0.4, -0.2) is 39.8 Å². The first-order valence-electron chi connectivity index (χ1n) is 7.91. The van der Waals surface area contributed by atoms with Gasteiger partial charge in [0, 0.05) is 13.0 Å². The van der Waals surface area contributed by atoms with Crippen molar-refractivity contribution in [3.05, 3.63) is 23.8 Å². The van der Waals surface area contributed by atoms with E-state index >= 15 is 0 Å². The van der Waals surface area contributed by atoms with Crippen molar-refractivity contribution in [2.45, 2.75) is 25.7 Å². The summed E-state index contributed by atoms with van der Waals surface area (Å²) in [5, 5.41) is 6.32. The van der Waals surface area contributed by atoms with E-state index in [9.17, 15) is 4.79 Å². The lowest BCUT2D eigenvalue weighted by molar-refractivity contribution is -0.121. The molecule has 1 atom stereocenters. The van der Waals surface area contributed by atoms with Gasteiger partial charge in [-0.2, -0.15) is 0 Å². The van der Waals surface area contributed by atoms with Gasteiger partial charge < -0.3 is 20.1 Å². The van der Waals surface area contributed by atoms with Gasteiger partial charge in [0.05, 0.1) is 14.2 Å². The van der Waals surface area contributed by atoms with E-state index in [1.54, 1.807) is 14.2 Å². The minimum Gasteiger partial charge on any atom is -0.493 e. The molecule has 5 nitrogen and oxygen atoms in total. The van der Waals surface area contributed by atoms with E-state index in [-0.39, 0.29) is 18.3 Å². The first-order valence-corrected chi connectivity index (χ1v) is 7.91. The molecule has 23 heavy (non-hydrogen) atoms. The Morgan fingerprint density at radius 3 is 2.74 bits per heavy atom. The molecule has 0 radical (unpaired) electrons. The number of rotatable bonds is 8. The molecule has 1 aliphatic heterocycles. The van der Waals surface area contributed by atoms with Gasteiger partial charge in [0.1, 0.15) is 0 Å². The lowest BCUT2D eigenvalue weighted by atomic mass is 10.0. The molecule has 0 spiro atoms. The average molecular weight is 343 g/mol. The van der Waals surface area contributed by atoms with Crippen molar-refractivity contribution >= 4 is 18.3 Å². The van der Waals surface area contributed by atoms with Crippen LogP contribution in [0, 0.1) is 5.92 Å². The summed E-state index contributed by atoms with van der Waals surface area (Å²) < 4.78 is 10.5. The molecule has 2 rings (SSSR count). The summed E-state index contributed by atoms with van der Waals surface area (Å²) in [6.45, 7) is 2.79. The van der Waals surface area contributed by atoms with Gasteiger partial charge in [-0.25, -0.2) is 0 Å². The Balaban J connectivity index is 0.00000264. The molecule has 1 unspecified atom stereocenters. The van der Waals surface area contributed by atoms with Crippen LogP contribution in [0.2, 0.25) is 0 Å². The standard InChI is InChI=1S/C17H26N2O3.ClH/c1-21-15-5-3-13(11-16(15)22-2)8-10-19-17(20)6-4-14-7-9-18-12-14;/h3,5,11,14,18H,4,6-10,12H2,1-2H3,(H,19,20);1H. The lowest BCUT2D eigenvalue weighted by Crippen LogP contribution is -2.26. The minimum absolute atomic E-state index is 0. The zero-order valence-electron chi connectivity index (χ0n) is 13.9. The minimum atomic E-state index is 0. The van der Waals surface area contributed by atoms with E-state index in [2.05, 4.69) is 10.6 Å². The van der Waals surface area contributed by atoms with Crippen molar-refractivity contribution in [2.24, 2.45) is 5.92 Å². The van der Waals surface area contributed by atoms with E-state index in [1.165, 1.54) is 6.42 Å². The Kier molecular flexibility index (Phi) is 8.81. The quantitative estimate of drug-likeness (QED) is 0.760. The van der Waals surface area contributed by atoms with Crippen LogP contribution in [-0.2, 0) is 11.2 Å². The normalized spacial score (nSPS) is 16.5. The van der Waals surface area contributed by atoms with Crippen LogP contribution >= 0.6 is 12.4 Å². The summed E-state index contributed by atoms with van der Waals surface area (Å²) >= 11 is 0. The number of halogens is 1. The summed E-state index contributed by atoms with van der Waals surface area (Å²) in [6.07, 6.45) is 3.59. The maximum Gasteiger partial charge on any atom is 0.220 e. The molecule has 130 valence electrons. The summed E-state index contributed by atoms with van der Waals surface area (Å²) in [7, 11) is 3.25. The fourth-order valence-corrected chi connectivity index (χ4v) is 2.77. The molecule has 1 fully saturated rings. The number of hydrogen-bond acceptors (Lipinski definition) is 4. The smallest absolute Gasteiger partial charge is 0.220 e. The second-order valence-electron chi connectivity index (χ2n) is 5.69. The first-order chi connectivity index (χ1) is 10.7. The highest BCUT2D eigenvalue weighted by Crippen LogP contribution is 2.27. The fraction of sp³-hybridized carbons (Fsp3) is 0.588. The molecular weight excluding hydrogens is 316 g/mol. The predicted octanol–water partition coefficient (Wildman–Crippen LogP) is 2.17. The molecule has 0 bridgehead atoms. The SMILES string of the molecule is COc1ccc(CCNC(=O)CCC2CCNC2)cc1OC.Cl. The van der Waals surface area contributed by atoms with Crippen LogP contribution in [0.5, 0.6) is 11.5 Å². The number of hydrogen-bond donors (Lipinski definition) is 2. The second-order valence-corrected chi connectivity index (χ2v) is 5.69. The summed E-state index contributed by atoms with van der Waals surface area (Å²) in [5.41, 5.74) is 1.12. The number of nitrogens with one attached hydrogen (secondary N) is 2. The molecule has 0 aliphatic carbocycles. The number of carbonyl (C=O) groups is 1. The monoisotopic (exact) mass is 342 g/mol. The van der Waals surface area contributed by atoms with Gasteiger partial charge in [-0.05, 0) is 56.0 Å². The van der Waals surface area contributed by atoms with E-state index in [4.69, 9.17) is 9.47 Å². The maximum absolute atomic E-state index is 11.8. The van der Waals surface area contributed by atoms with Crippen molar-refractivity contribution in [3.8, 4) is 11.5 Å². The second kappa shape index (κ2) is 10.3. The summed E-state index contributed by atoms with van der Waals surface area (Å²) in [6, 6.07) is 5.84. The number of amides is 1. The topological polar surface area (TPSA) is 59.6 Å². The van der Waals surface area contributed by atoms with Gasteiger partial charge in [-0.3, -0.25) is 4.79 Å². The Hall–Kier alpha value is -1.46. The van der Waals surface area contributed by atoms with E-state index in [0.29, 0.717) is 18.9 Å². The Bertz CT molecular complexity index is 491. The Morgan fingerprint density at radius 1 is 1.30 bits per heavy atom. The third-order valence-electron chi connectivity index (χ3n) is 4.13. The molecule has 0 aromatic heterocycles. The van der Waals surface area contributed by atoms with E-state index < -0.39 is 0 Å². The molecule has 1 aliphatic rings. The molecular formula is C17H27ClN2O3. The van der Waals surface area contributed by atoms with Crippen LogP contribution in [0.25, 0.3) is 0 Å². The highest BCUT2D eigenvalue weighted by molar-refractivity contribution is 5.85. The van der Waals surface area contributed by atoms with Gasteiger partial charge in [0.25, 0.3) is 0 Å². The third-order valence-corrected chi connectivity index (χ3v) is 4.13. The van der Waals surface area contributed by atoms with Crippen LogP contribution in [0.1, 0.15) is 24.8 Å². The third kappa shape index (κ3) is 6.28. The molecule has 1 amide bonds. The van der Waals surface area contributed by atoms with Crippen molar-refractivity contribution in [1.82, 2.24) is 10.6 Å². The molecule has 2 N–H and O–H groups in total. The Labute approximate surface area is 144 Å². The summed E-state index contributed by atoms with van der Waals surface area (Å²) in [4.78, 5) is 11.8. The highest BCUT2D eigenvalue weighted by Gasteiger charge is 2.15. The zero-order chi connectivity index (χ0) is 15.8. The van der Waals surface area contributed by atoms with Crippen LogP contribution in [0.15, 0.2) is 18.2 Å². The molecule has 6 heteroatoms. The maximum atomic E-state index is 11.8. The van der Waals surface area contributed by atoms with Gasteiger partial charge in [0.2, 0.25) is 5.91 Å². The highest BCUT2D eigenvalue weighted by atomic mass is 35.5. The van der Waals surface area contributed by atoms with Crippen LogP contribution in [0.4, 0.5) is 0 Å². The fourth-order valence-electron chi connectivity index (χ4n) is 2.77. The molecule has 1 saturated heterocycles. The summed E-state index contributed by atoms with van der Waals surface area (Å²) in [5.74, 6) is 2.25. The number of methoxy groups -OCH3 is 2. The van der Waals surface area contributed by atoms with Gasteiger partial charge in [0.15, 0.2) is 11.5 Å². The molecule has 0 saturated carbocycles. The van der Waals surface area contributed by atoms with E-state index in [1.807, 2.05) is 18.2 Å². The number of benzene rings is 1. The van der Waals surface area contributed by atoms with E-state index in [0.717, 1.165) is 43.0 Å². The van der Waals surface area contributed by atoms with Crippen LogP contribution < -0.4 is 20.1 Å². The van der Waals surface area contributed by atoms with Crippen LogP contribution in [0.3, 0.4) is 0 Å². The lowest BCUT2D eigenvalue weighted by Gasteiger charge is -2.11. The molecule has 1 aromatic rings. The van der Waals surface area contributed by atoms with Crippen molar-refractivity contribution in [1.29, 1.82) is 0 Å². The number of ether oxygens (including phenoxy) is 2. The Morgan fingerprint density at radius 2 is 2.09 bits per heavy atom. The van der Waals surface area contributed by atoms with Crippen molar-refractivity contribution in [3.63, 3.8) is 0 Å². The average Bonchev–Trinajstić information content (AvgIpc) is 3.06. The van der Waals surface area contributed by atoms with Crippen molar-refractivity contribution < 1.29 is 14.3 Å². The predicted molar refractivity (Wildman–Crippen MR) is 93.7 cm³/mol. The largest absolute Gasteiger partial charge is 0.493 e. The first kappa shape index (κ1) is 19.6. The van der Waals surface area contributed by atoms with Gasteiger partial charge >= 0.3 is 0 Å². The molecule has 1 heterocycles. The zero-order valence-corrected chi connectivity index (χ0v) is 14.7. The van der Waals surface area contributed by atoms with Gasteiger partial charge in [-0.1, -0.05) is 6.07 Å².